The first-order valence-electron chi connectivity index (χ1n) is 7.45. The summed E-state index contributed by atoms with van der Waals surface area (Å²) in [7, 11) is 4.98. The minimum absolute atomic E-state index is 0.0786. The molecule has 5 heteroatoms. The van der Waals surface area contributed by atoms with Crippen LogP contribution in [-0.4, -0.2) is 45.4 Å². The van der Waals surface area contributed by atoms with E-state index in [2.05, 4.69) is 11.8 Å². The maximum atomic E-state index is 6.41. The van der Waals surface area contributed by atoms with Crippen LogP contribution in [0.25, 0.3) is 0 Å². The van der Waals surface area contributed by atoms with E-state index >= 15 is 0 Å². The molecule has 2 atom stereocenters. The van der Waals surface area contributed by atoms with Crippen molar-refractivity contribution < 1.29 is 14.2 Å². The van der Waals surface area contributed by atoms with Crippen molar-refractivity contribution in [3.05, 3.63) is 17.7 Å². The van der Waals surface area contributed by atoms with Crippen molar-refractivity contribution in [2.75, 3.05) is 34.4 Å². The molecule has 1 saturated heterocycles. The summed E-state index contributed by atoms with van der Waals surface area (Å²) in [5.41, 5.74) is 7.43. The number of rotatable bonds is 5. The quantitative estimate of drug-likeness (QED) is 0.902. The highest BCUT2D eigenvalue weighted by Gasteiger charge is 2.34. The molecule has 1 aliphatic heterocycles. The molecule has 0 saturated carbocycles. The van der Waals surface area contributed by atoms with Gasteiger partial charge in [-0.3, -0.25) is 4.90 Å². The lowest BCUT2D eigenvalue weighted by Gasteiger charge is -2.40. The Bertz CT molecular complexity index is 454. The molecule has 1 heterocycles. The van der Waals surface area contributed by atoms with Crippen LogP contribution in [0.3, 0.4) is 0 Å². The zero-order chi connectivity index (χ0) is 15.4. The number of hydrogen-bond donors (Lipinski definition) is 1. The number of likely N-dealkylation sites (N-methyl/N-ethyl adjacent to an activating group) is 1. The van der Waals surface area contributed by atoms with E-state index in [0.29, 0.717) is 0 Å². The van der Waals surface area contributed by atoms with Gasteiger partial charge in [0.05, 0.1) is 32.9 Å². The lowest BCUT2D eigenvalue weighted by molar-refractivity contribution is 0.130. The van der Waals surface area contributed by atoms with Crippen LogP contribution in [0.2, 0.25) is 0 Å². The Morgan fingerprint density at radius 3 is 2.24 bits per heavy atom. The van der Waals surface area contributed by atoms with Crippen LogP contribution in [0.1, 0.15) is 31.4 Å². The third kappa shape index (κ3) is 3.09. The molecular formula is C16H26N2O3. The van der Waals surface area contributed by atoms with Gasteiger partial charge in [-0.2, -0.15) is 0 Å². The van der Waals surface area contributed by atoms with Gasteiger partial charge in [0.25, 0.3) is 0 Å². The minimum Gasteiger partial charge on any atom is -0.496 e. The van der Waals surface area contributed by atoms with Crippen LogP contribution in [0, 0.1) is 0 Å². The van der Waals surface area contributed by atoms with E-state index in [1.54, 1.807) is 21.3 Å². The second-order valence-corrected chi connectivity index (χ2v) is 5.33. The summed E-state index contributed by atoms with van der Waals surface area (Å²) in [5, 5.41) is 0. The van der Waals surface area contributed by atoms with Gasteiger partial charge >= 0.3 is 0 Å². The smallest absolute Gasteiger partial charge is 0.131 e. The molecule has 0 aromatic heterocycles. The highest BCUT2D eigenvalue weighted by molar-refractivity contribution is 5.53. The van der Waals surface area contributed by atoms with Crippen molar-refractivity contribution in [3.63, 3.8) is 0 Å². The third-order valence-electron chi connectivity index (χ3n) is 4.24. The fourth-order valence-corrected chi connectivity index (χ4v) is 3.17. The lowest BCUT2D eigenvalue weighted by atomic mass is 9.89. The summed E-state index contributed by atoms with van der Waals surface area (Å²) in [4.78, 5) is 2.39. The summed E-state index contributed by atoms with van der Waals surface area (Å²) in [5.74, 6) is 2.26. The first-order chi connectivity index (χ1) is 10.2. The van der Waals surface area contributed by atoms with Crippen molar-refractivity contribution in [3.8, 4) is 17.2 Å². The largest absolute Gasteiger partial charge is 0.496 e. The first-order valence-corrected chi connectivity index (χ1v) is 7.45. The number of benzene rings is 1. The van der Waals surface area contributed by atoms with E-state index in [1.807, 2.05) is 12.1 Å². The number of hydrogen-bond acceptors (Lipinski definition) is 5. The fraction of sp³-hybridized carbons (Fsp3) is 0.625. The van der Waals surface area contributed by atoms with Gasteiger partial charge in [-0.1, -0.05) is 6.92 Å². The van der Waals surface area contributed by atoms with E-state index in [1.165, 1.54) is 0 Å². The molecule has 0 amide bonds. The summed E-state index contributed by atoms with van der Waals surface area (Å²) in [6, 6.07) is 3.98. The average Bonchev–Trinajstić information content (AvgIpc) is 2.53. The monoisotopic (exact) mass is 294 g/mol. The Hall–Kier alpha value is -1.46. The van der Waals surface area contributed by atoms with Crippen LogP contribution in [0.5, 0.6) is 17.2 Å². The summed E-state index contributed by atoms with van der Waals surface area (Å²) in [6.45, 7) is 4.16. The number of piperidine rings is 1. The van der Waals surface area contributed by atoms with Gasteiger partial charge in [0.1, 0.15) is 17.2 Å². The number of nitrogens with two attached hydrogens (primary N) is 1. The molecule has 0 bridgehead atoms. The maximum absolute atomic E-state index is 6.41. The zero-order valence-corrected chi connectivity index (χ0v) is 13.4. The van der Waals surface area contributed by atoms with Gasteiger partial charge in [-0.05, 0) is 25.9 Å². The van der Waals surface area contributed by atoms with Crippen molar-refractivity contribution in [1.82, 2.24) is 4.90 Å². The molecule has 0 aliphatic carbocycles. The van der Waals surface area contributed by atoms with Crippen molar-refractivity contribution in [1.29, 1.82) is 0 Å². The molecule has 21 heavy (non-hydrogen) atoms. The predicted octanol–water partition coefficient (Wildman–Crippen LogP) is 2.20. The molecule has 118 valence electrons. The van der Waals surface area contributed by atoms with Gasteiger partial charge < -0.3 is 19.9 Å². The second kappa shape index (κ2) is 7.00. The molecule has 1 aromatic carbocycles. The van der Waals surface area contributed by atoms with Gasteiger partial charge in [-0.15, -0.1) is 0 Å². The zero-order valence-electron chi connectivity index (χ0n) is 13.4. The fourth-order valence-electron chi connectivity index (χ4n) is 3.17. The summed E-state index contributed by atoms with van der Waals surface area (Å²) >= 11 is 0. The Balaban J connectivity index is 2.53. The van der Waals surface area contributed by atoms with Crippen molar-refractivity contribution >= 4 is 0 Å². The minimum atomic E-state index is 0.0786. The van der Waals surface area contributed by atoms with E-state index in [0.717, 1.165) is 48.7 Å². The predicted molar refractivity (Wildman–Crippen MR) is 83.3 cm³/mol. The summed E-state index contributed by atoms with van der Waals surface area (Å²) in [6.07, 6.45) is 2.14. The molecular weight excluding hydrogens is 268 g/mol. The highest BCUT2D eigenvalue weighted by atomic mass is 16.5. The Morgan fingerprint density at radius 2 is 1.76 bits per heavy atom. The lowest BCUT2D eigenvalue weighted by Crippen LogP contribution is -2.45. The molecule has 1 aliphatic rings. The highest BCUT2D eigenvalue weighted by Crippen LogP contribution is 2.43. The second-order valence-electron chi connectivity index (χ2n) is 5.33. The molecule has 5 nitrogen and oxygen atoms in total. The standard InChI is InChI=1S/C16H26N2O3/c1-5-18-8-6-7-12(17)16(18)15-13(20-3)9-11(19-2)10-14(15)21-4/h9-10,12,16H,5-8,17H2,1-4H3. The Labute approximate surface area is 127 Å². The Morgan fingerprint density at radius 1 is 1.14 bits per heavy atom. The number of likely N-dealkylation sites (tertiary alicyclic amines) is 1. The van der Waals surface area contributed by atoms with Gasteiger partial charge in [0.2, 0.25) is 0 Å². The number of methoxy groups -OCH3 is 3. The van der Waals surface area contributed by atoms with Crippen LogP contribution in [0.15, 0.2) is 12.1 Å². The van der Waals surface area contributed by atoms with E-state index < -0.39 is 0 Å². The summed E-state index contributed by atoms with van der Waals surface area (Å²) < 4.78 is 16.5. The maximum Gasteiger partial charge on any atom is 0.131 e. The molecule has 2 unspecified atom stereocenters. The van der Waals surface area contributed by atoms with Gasteiger partial charge in [0.15, 0.2) is 0 Å². The number of nitrogens with zero attached hydrogens (tertiary/aromatic N) is 1. The van der Waals surface area contributed by atoms with Crippen LogP contribution in [-0.2, 0) is 0 Å². The first kappa shape index (κ1) is 15.9. The third-order valence-corrected chi connectivity index (χ3v) is 4.24. The molecule has 2 rings (SSSR count). The average molecular weight is 294 g/mol. The Kier molecular flexibility index (Phi) is 5.31. The van der Waals surface area contributed by atoms with Crippen LogP contribution < -0.4 is 19.9 Å². The number of ether oxygens (including phenoxy) is 3. The van der Waals surface area contributed by atoms with Crippen molar-refractivity contribution in [2.24, 2.45) is 5.73 Å². The van der Waals surface area contributed by atoms with Gasteiger partial charge in [-0.25, -0.2) is 0 Å². The molecule has 1 aromatic rings. The molecule has 2 N–H and O–H groups in total. The molecule has 1 fully saturated rings. The van der Waals surface area contributed by atoms with Crippen LogP contribution >= 0.6 is 0 Å². The van der Waals surface area contributed by atoms with E-state index in [9.17, 15) is 0 Å². The van der Waals surface area contributed by atoms with Crippen molar-refractivity contribution in [2.45, 2.75) is 31.8 Å². The SMILES string of the molecule is CCN1CCCC(N)C1c1c(OC)cc(OC)cc1OC. The van der Waals surface area contributed by atoms with E-state index in [-0.39, 0.29) is 12.1 Å². The molecule has 0 radical (unpaired) electrons. The normalized spacial score (nSPS) is 22.9. The van der Waals surface area contributed by atoms with Gasteiger partial charge in [0, 0.05) is 18.2 Å². The molecule has 0 spiro atoms. The van der Waals surface area contributed by atoms with Crippen LogP contribution in [0.4, 0.5) is 0 Å². The topological polar surface area (TPSA) is 57.0 Å². The van der Waals surface area contributed by atoms with E-state index in [4.69, 9.17) is 19.9 Å².